The summed E-state index contributed by atoms with van der Waals surface area (Å²) in [7, 11) is -7.66. The fourth-order valence-electron chi connectivity index (χ4n) is 1.38. The van der Waals surface area contributed by atoms with Gasteiger partial charge in [-0.2, -0.15) is 43.9 Å². The van der Waals surface area contributed by atoms with E-state index in [1.165, 1.54) is 0 Å². The van der Waals surface area contributed by atoms with Gasteiger partial charge in [-0.05, 0) is 6.42 Å². The molecule has 146 valence electrons. The molecule has 0 aromatic rings. The Morgan fingerprint density at radius 1 is 0.840 bits per heavy atom. The van der Waals surface area contributed by atoms with E-state index in [1.807, 2.05) is 0 Å². The monoisotopic (exact) mass is 444 g/mol. The summed E-state index contributed by atoms with van der Waals surface area (Å²) in [5.41, 5.74) is 0. The van der Waals surface area contributed by atoms with Crippen molar-refractivity contribution in [2.75, 3.05) is 0 Å². The maximum atomic E-state index is 13.1. The van der Waals surface area contributed by atoms with Crippen LogP contribution in [0.4, 0.5) is 48.3 Å². The summed E-state index contributed by atoms with van der Waals surface area (Å²) in [5.74, 6) is -29.6. The Balaban J connectivity index is 0. The van der Waals surface area contributed by atoms with Gasteiger partial charge in [0.15, 0.2) is 16.3 Å². The van der Waals surface area contributed by atoms with Crippen molar-refractivity contribution < 1.29 is 113 Å². The van der Waals surface area contributed by atoms with Crippen molar-refractivity contribution in [2.45, 2.75) is 54.9 Å². The van der Waals surface area contributed by atoms with Crippen LogP contribution in [0.3, 0.4) is 0 Å². The predicted molar refractivity (Wildman–Crippen MR) is 54.2 cm³/mol. The van der Waals surface area contributed by atoms with E-state index >= 15 is 0 Å². The van der Waals surface area contributed by atoms with Gasteiger partial charge in [0.05, 0.1) is 0 Å². The Morgan fingerprint density at radius 2 is 1.20 bits per heavy atom. The third-order valence-corrected chi connectivity index (χ3v) is 3.71. The largest absolute Gasteiger partial charge is 1.00 e. The fourth-order valence-corrected chi connectivity index (χ4v) is 1.82. The molecule has 16 heteroatoms. The fraction of sp³-hybridized carbons (Fsp3) is 1.00. The van der Waals surface area contributed by atoms with Gasteiger partial charge in [0.25, 0.3) is 0 Å². The molecular weight excluding hydrogens is 436 g/mol. The summed E-state index contributed by atoms with van der Waals surface area (Å²) in [6.07, 6.45) is -6.31. The molecule has 1 unspecified atom stereocenters. The molecule has 0 heterocycles. The average molecular weight is 444 g/mol. The first-order valence-corrected chi connectivity index (χ1v) is 7.12. The van der Waals surface area contributed by atoms with Crippen LogP contribution in [0.2, 0.25) is 0 Å². The minimum atomic E-state index is -7.79. The van der Waals surface area contributed by atoms with Crippen molar-refractivity contribution in [2.24, 2.45) is 0 Å². The van der Waals surface area contributed by atoms with Crippen molar-refractivity contribution in [3.8, 4) is 0 Å². The molecule has 1 atom stereocenters. The molecule has 3 nitrogen and oxygen atoms in total. The van der Waals surface area contributed by atoms with E-state index in [4.69, 9.17) is 0 Å². The molecule has 0 radical (unpaired) electrons. The second-order valence-electron chi connectivity index (χ2n) is 4.57. The van der Waals surface area contributed by atoms with Crippen molar-refractivity contribution in [3.63, 3.8) is 0 Å². The average Bonchev–Trinajstić information content (AvgIpc) is 2.36. The van der Waals surface area contributed by atoms with E-state index in [0.717, 1.165) is 6.92 Å². The van der Waals surface area contributed by atoms with Crippen molar-refractivity contribution >= 4 is 10.1 Å². The summed E-state index contributed by atoms with van der Waals surface area (Å²) in [6, 6.07) is 0. The molecule has 0 aromatic heterocycles. The van der Waals surface area contributed by atoms with Crippen LogP contribution in [0, 0.1) is 0 Å². The van der Waals surface area contributed by atoms with Gasteiger partial charge in [-0.15, -0.1) is 0 Å². The molecule has 0 aromatic carbocycles. The van der Waals surface area contributed by atoms with Crippen LogP contribution in [0.5, 0.6) is 0 Å². The minimum Gasteiger partial charge on any atom is -0.743 e. The predicted octanol–water partition coefficient (Wildman–Crippen LogP) is 0.808. The standard InChI is InChI=1S/C9H9F11O3S.K/c1-2-3-4(10)5(11,12)6(13,14)7(15,16)8(17,18)9(19,20)24(21,22)23;/h4H,2-3H2,1H3,(H,21,22,23);/q;+1/p-1. The molecule has 0 rings (SSSR count). The third kappa shape index (κ3) is 4.28. The first-order valence-electron chi connectivity index (χ1n) is 5.72. The van der Waals surface area contributed by atoms with Crippen molar-refractivity contribution in [1.29, 1.82) is 0 Å². The van der Waals surface area contributed by atoms with Gasteiger partial charge in [-0.3, -0.25) is 0 Å². The second-order valence-corrected chi connectivity index (χ2v) is 5.99. The molecule has 0 aliphatic rings. The van der Waals surface area contributed by atoms with Gasteiger partial charge in [0, 0.05) is 0 Å². The maximum Gasteiger partial charge on any atom is 1.00 e. The van der Waals surface area contributed by atoms with Crippen LogP contribution in [-0.4, -0.2) is 48.1 Å². The first kappa shape index (κ1) is 28.0. The van der Waals surface area contributed by atoms with E-state index in [-0.39, 0.29) is 51.4 Å². The van der Waals surface area contributed by atoms with Crippen LogP contribution in [0.25, 0.3) is 0 Å². The molecule has 0 aliphatic heterocycles. The SMILES string of the molecule is CCCC(F)C(F)(F)C(F)(F)C(F)(F)C(F)(F)C(F)(F)S(=O)(=O)[O-].[K+]. The molecule has 25 heavy (non-hydrogen) atoms. The number of alkyl halides is 11. The molecule has 0 aliphatic carbocycles. The zero-order chi connectivity index (χ0) is 20.0. The summed E-state index contributed by atoms with van der Waals surface area (Å²) in [6.45, 7) is 0.922. The summed E-state index contributed by atoms with van der Waals surface area (Å²) in [5, 5.41) is -7.38. The molecule has 0 fully saturated rings. The quantitative estimate of drug-likeness (QED) is 0.317. The molecule has 0 amide bonds. The van der Waals surface area contributed by atoms with Crippen LogP contribution in [0.1, 0.15) is 19.8 Å². The molecular formula is C9H8F11KO3S. The minimum absolute atomic E-state index is 0. The van der Waals surface area contributed by atoms with Gasteiger partial charge in [0.1, 0.15) is 0 Å². The van der Waals surface area contributed by atoms with Gasteiger partial charge >= 0.3 is 80.3 Å². The van der Waals surface area contributed by atoms with E-state index in [0.29, 0.717) is 0 Å². The Kier molecular flexibility index (Phi) is 8.99. The van der Waals surface area contributed by atoms with Gasteiger partial charge in [-0.1, -0.05) is 13.3 Å². The second kappa shape index (κ2) is 8.03. The maximum absolute atomic E-state index is 13.1. The topological polar surface area (TPSA) is 57.2 Å². The Bertz CT molecular complexity index is 563. The third-order valence-electron chi connectivity index (χ3n) is 2.82. The molecule has 0 N–H and O–H groups in total. The molecule has 0 bridgehead atoms. The first-order chi connectivity index (χ1) is 10.2. The van der Waals surface area contributed by atoms with Gasteiger partial charge < -0.3 is 4.55 Å². The summed E-state index contributed by atoms with van der Waals surface area (Å²) >= 11 is 0. The van der Waals surface area contributed by atoms with Gasteiger partial charge in [0.2, 0.25) is 0 Å². The molecule has 0 saturated carbocycles. The van der Waals surface area contributed by atoms with E-state index in [2.05, 4.69) is 0 Å². The molecule has 0 spiro atoms. The van der Waals surface area contributed by atoms with Gasteiger partial charge in [-0.25, -0.2) is 12.8 Å². The summed E-state index contributed by atoms with van der Waals surface area (Å²) in [4.78, 5) is 0. The molecule has 0 saturated heterocycles. The van der Waals surface area contributed by atoms with Crippen LogP contribution in [-0.2, 0) is 10.1 Å². The zero-order valence-corrected chi connectivity index (χ0v) is 16.2. The van der Waals surface area contributed by atoms with Crippen LogP contribution < -0.4 is 51.4 Å². The normalized spacial score (nSPS) is 16.4. The Labute approximate surface area is 176 Å². The van der Waals surface area contributed by atoms with E-state index in [1.54, 1.807) is 0 Å². The van der Waals surface area contributed by atoms with Crippen LogP contribution in [0.15, 0.2) is 0 Å². The van der Waals surface area contributed by atoms with Crippen LogP contribution >= 0.6 is 0 Å². The number of rotatable bonds is 8. The van der Waals surface area contributed by atoms with Crippen molar-refractivity contribution in [1.82, 2.24) is 0 Å². The van der Waals surface area contributed by atoms with Crippen molar-refractivity contribution in [3.05, 3.63) is 0 Å². The number of halogens is 11. The Hall–Kier alpha value is 0.776. The summed E-state index contributed by atoms with van der Waals surface area (Å²) < 4.78 is 173. The Morgan fingerprint density at radius 3 is 1.48 bits per heavy atom. The number of hydrogen-bond donors (Lipinski definition) is 0. The smallest absolute Gasteiger partial charge is 0.743 e. The zero-order valence-electron chi connectivity index (χ0n) is 12.3. The van der Waals surface area contributed by atoms with E-state index in [9.17, 15) is 61.3 Å². The number of hydrogen-bond acceptors (Lipinski definition) is 3. The van der Waals surface area contributed by atoms with E-state index < -0.39 is 58.1 Å².